The lowest BCUT2D eigenvalue weighted by Gasteiger charge is -2.31. The normalized spacial score (nSPS) is 15.2. The molecule has 1 aromatic carbocycles. The van der Waals surface area contributed by atoms with Crippen LogP contribution in [-0.2, 0) is 0 Å². The lowest BCUT2D eigenvalue weighted by molar-refractivity contribution is 0.0684. The molecule has 1 amide bonds. The number of rotatable bonds is 4. The first-order valence-electron chi connectivity index (χ1n) is 7.79. The molecule has 24 heavy (non-hydrogen) atoms. The first-order chi connectivity index (χ1) is 11.2. The van der Waals surface area contributed by atoms with E-state index in [0.717, 1.165) is 32.5 Å². The van der Waals surface area contributed by atoms with E-state index in [4.69, 9.17) is 0 Å². The molecule has 1 aliphatic heterocycles. The fourth-order valence-corrected chi connectivity index (χ4v) is 2.85. The van der Waals surface area contributed by atoms with Crippen LogP contribution >= 0.6 is 12.4 Å². The van der Waals surface area contributed by atoms with E-state index in [1.54, 1.807) is 12.1 Å². The van der Waals surface area contributed by atoms with Gasteiger partial charge in [-0.2, -0.15) is 9.90 Å². The van der Waals surface area contributed by atoms with E-state index >= 15 is 0 Å². The lowest BCUT2D eigenvalue weighted by atomic mass is 9.97. The fraction of sp³-hybridized carbons (Fsp3) is 0.438. The van der Waals surface area contributed by atoms with E-state index in [0.29, 0.717) is 17.3 Å². The van der Waals surface area contributed by atoms with E-state index in [9.17, 15) is 9.18 Å². The summed E-state index contributed by atoms with van der Waals surface area (Å²) < 4.78 is 12.9. The molecular formula is C16H21ClFN5O. The van der Waals surface area contributed by atoms with E-state index in [2.05, 4.69) is 15.5 Å². The van der Waals surface area contributed by atoms with Gasteiger partial charge in [0, 0.05) is 13.1 Å². The number of aromatic nitrogens is 3. The highest BCUT2D eigenvalue weighted by molar-refractivity contribution is 5.92. The molecule has 0 unspecified atom stereocenters. The van der Waals surface area contributed by atoms with Crippen LogP contribution in [0.15, 0.2) is 30.5 Å². The highest BCUT2D eigenvalue weighted by Crippen LogP contribution is 2.18. The Labute approximate surface area is 146 Å². The number of benzene rings is 1. The number of hydrogen-bond acceptors (Lipinski definition) is 4. The summed E-state index contributed by atoms with van der Waals surface area (Å²) in [5.41, 5.74) is 0.944. The first-order valence-corrected chi connectivity index (χ1v) is 7.79. The van der Waals surface area contributed by atoms with Gasteiger partial charge in [-0.3, -0.25) is 4.79 Å². The molecule has 0 spiro atoms. The van der Waals surface area contributed by atoms with Crippen molar-refractivity contribution in [2.45, 2.75) is 12.8 Å². The third-order valence-electron chi connectivity index (χ3n) is 4.16. The summed E-state index contributed by atoms with van der Waals surface area (Å²) in [5.74, 6) is 0.210. The van der Waals surface area contributed by atoms with Crippen LogP contribution in [0.2, 0.25) is 0 Å². The minimum atomic E-state index is -0.318. The zero-order chi connectivity index (χ0) is 16.2. The number of carbonyl (C=O) groups excluding carboxylic acids is 1. The van der Waals surface area contributed by atoms with Gasteiger partial charge in [-0.25, -0.2) is 4.39 Å². The van der Waals surface area contributed by atoms with Crippen LogP contribution in [0.1, 0.15) is 23.3 Å². The molecule has 6 nitrogen and oxygen atoms in total. The topological polar surface area (TPSA) is 63.1 Å². The Balaban J connectivity index is 0.00000208. The molecular weight excluding hydrogens is 333 g/mol. The predicted molar refractivity (Wildman–Crippen MR) is 91.1 cm³/mol. The van der Waals surface area contributed by atoms with E-state index in [1.165, 1.54) is 23.1 Å². The zero-order valence-corrected chi connectivity index (χ0v) is 14.3. The number of piperidine rings is 1. The van der Waals surface area contributed by atoms with Crippen molar-refractivity contribution < 1.29 is 9.18 Å². The van der Waals surface area contributed by atoms with Gasteiger partial charge in [0.15, 0.2) is 5.69 Å². The van der Waals surface area contributed by atoms with Gasteiger partial charge in [0.05, 0.1) is 11.9 Å². The van der Waals surface area contributed by atoms with Crippen molar-refractivity contribution in [2.75, 3.05) is 26.7 Å². The molecule has 3 rings (SSSR count). The highest BCUT2D eigenvalue weighted by Gasteiger charge is 2.25. The maximum absolute atomic E-state index is 12.9. The van der Waals surface area contributed by atoms with Crippen LogP contribution in [-0.4, -0.2) is 52.5 Å². The molecule has 0 aliphatic carbocycles. The Morgan fingerprint density at radius 2 is 1.96 bits per heavy atom. The molecule has 2 heterocycles. The number of carbonyl (C=O) groups is 1. The maximum Gasteiger partial charge on any atom is 0.276 e. The van der Waals surface area contributed by atoms with E-state index < -0.39 is 0 Å². The Morgan fingerprint density at radius 1 is 1.29 bits per heavy atom. The van der Waals surface area contributed by atoms with Crippen molar-refractivity contribution in [1.82, 2.24) is 25.2 Å². The molecule has 0 radical (unpaired) electrons. The monoisotopic (exact) mass is 353 g/mol. The summed E-state index contributed by atoms with van der Waals surface area (Å²) in [5, 5.41) is 11.5. The average molecular weight is 354 g/mol. The largest absolute Gasteiger partial charge is 0.337 e. The SMILES string of the molecule is CNCC1CCN(C(=O)c2cnn(-c3ccc(F)cc3)n2)CC1.Cl. The van der Waals surface area contributed by atoms with Crippen molar-refractivity contribution in [3.05, 3.63) is 42.0 Å². The van der Waals surface area contributed by atoms with Crippen LogP contribution < -0.4 is 5.32 Å². The molecule has 0 atom stereocenters. The van der Waals surface area contributed by atoms with Crippen LogP contribution in [0.3, 0.4) is 0 Å². The number of halogens is 2. The van der Waals surface area contributed by atoms with Gasteiger partial charge in [0.2, 0.25) is 0 Å². The molecule has 2 aromatic rings. The van der Waals surface area contributed by atoms with Crippen molar-refractivity contribution in [2.24, 2.45) is 5.92 Å². The molecule has 130 valence electrons. The van der Waals surface area contributed by atoms with Gasteiger partial charge < -0.3 is 10.2 Å². The van der Waals surface area contributed by atoms with Gasteiger partial charge in [-0.1, -0.05) is 0 Å². The van der Waals surface area contributed by atoms with Gasteiger partial charge in [-0.15, -0.1) is 17.5 Å². The van der Waals surface area contributed by atoms with Gasteiger partial charge in [0.1, 0.15) is 5.82 Å². The number of likely N-dealkylation sites (tertiary alicyclic amines) is 1. The second-order valence-electron chi connectivity index (χ2n) is 5.79. The number of hydrogen-bond donors (Lipinski definition) is 1. The van der Waals surface area contributed by atoms with Gasteiger partial charge >= 0.3 is 0 Å². The molecule has 1 aliphatic rings. The molecule has 8 heteroatoms. The molecule has 1 aromatic heterocycles. The maximum atomic E-state index is 12.9. The van der Waals surface area contributed by atoms with Gasteiger partial charge in [0.25, 0.3) is 5.91 Å². The minimum Gasteiger partial charge on any atom is -0.337 e. The summed E-state index contributed by atoms with van der Waals surface area (Å²) in [6.45, 7) is 2.48. The lowest BCUT2D eigenvalue weighted by Crippen LogP contribution is -2.40. The number of nitrogens with one attached hydrogen (secondary N) is 1. The van der Waals surface area contributed by atoms with E-state index in [-0.39, 0.29) is 24.1 Å². The Morgan fingerprint density at radius 3 is 2.58 bits per heavy atom. The van der Waals surface area contributed by atoms with Crippen molar-refractivity contribution in [1.29, 1.82) is 0 Å². The minimum absolute atomic E-state index is 0. The van der Waals surface area contributed by atoms with Crippen LogP contribution in [0.25, 0.3) is 5.69 Å². The second kappa shape index (κ2) is 8.21. The third-order valence-corrected chi connectivity index (χ3v) is 4.16. The average Bonchev–Trinajstić information content (AvgIpc) is 3.06. The Kier molecular flexibility index (Phi) is 6.28. The van der Waals surface area contributed by atoms with Crippen molar-refractivity contribution in [3.8, 4) is 5.69 Å². The summed E-state index contributed by atoms with van der Waals surface area (Å²) in [6.07, 6.45) is 3.46. The number of nitrogens with zero attached hydrogens (tertiary/aromatic N) is 4. The molecule has 0 saturated carbocycles. The standard InChI is InChI=1S/C16H20FN5O.ClH/c1-18-10-12-6-8-21(9-7-12)16(23)15-11-19-22(20-15)14-4-2-13(17)3-5-14;/h2-5,11-12,18H,6-10H2,1H3;1H. The fourth-order valence-electron chi connectivity index (χ4n) is 2.85. The zero-order valence-electron chi connectivity index (χ0n) is 13.5. The third kappa shape index (κ3) is 4.10. The van der Waals surface area contributed by atoms with Gasteiger partial charge in [-0.05, 0) is 56.6 Å². The van der Waals surface area contributed by atoms with Crippen molar-refractivity contribution in [3.63, 3.8) is 0 Å². The summed E-state index contributed by atoms with van der Waals surface area (Å²) in [4.78, 5) is 15.7. The first kappa shape index (κ1) is 18.4. The molecule has 1 saturated heterocycles. The summed E-state index contributed by atoms with van der Waals surface area (Å²) in [7, 11) is 1.95. The predicted octanol–water partition coefficient (Wildman–Crippen LogP) is 1.90. The van der Waals surface area contributed by atoms with E-state index in [1.807, 2.05) is 11.9 Å². The Bertz CT molecular complexity index is 667. The highest BCUT2D eigenvalue weighted by atomic mass is 35.5. The summed E-state index contributed by atoms with van der Waals surface area (Å²) >= 11 is 0. The smallest absolute Gasteiger partial charge is 0.276 e. The summed E-state index contributed by atoms with van der Waals surface area (Å²) in [6, 6.07) is 5.83. The van der Waals surface area contributed by atoms with Crippen LogP contribution in [0.4, 0.5) is 4.39 Å². The molecule has 1 fully saturated rings. The quantitative estimate of drug-likeness (QED) is 0.912. The molecule has 0 bridgehead atoms. The van der Waals surface area contributed by atoms with Crippen LogP contribution in [0.5, 0.6) is 0 Å². The molecule has 1 N–H and O–H groups in total. The van der Waals surface area contributed by atoms with Crippen molar-refractivity contribution >= 4 is 18.3 Å². The van der Waals surface area contributed by atoms with Crippen LogP contribution in [0, 0.1) is 11.7 Å². The number of amides is 1. The Hall–Kier alpha value is -1.99. The second-order valence-corrected chi connectivity index (χ2v) is 5.79.